The lowest BCUT2D eigenvalue weighted by molar-refractivity contribution is -0.126. The molecule has 7 nitrogen and oxygen atoms in total. The first-order valence-corrected chi connectivity index (χ1v) is 9.42. The number of benzene rings is 2. The van der Waals surface area contributed by atoms with Crippen LogP contribution in [-0.4, -0.2) is 45.1 Å². The predicted octanol–water partition coefficient (Wildman–Crippen LogP) is 2.19. The van der Waals surface area contributed by atoms with Gasteiger partial charge in [0.25, 0.3) is 0 Å². The third kappa shape index (κ3) is 4.56. The summed E-state index contributed by atoms with van der Waals surface area (Å²) in [6.45, 7) is 0.677. The number of hydrogen-bond donors (Lipinski definition) is 1. The molecule has 1 aliphatic rings. The van der Waals surface area contributed by atoms with Crippen molar-refractivity contribution in [3.8, 4) is 5.75 Å². The normalized spacial score (nSPS) is 15.9. The molecular weight excluding hydrogens is 372 g/mol. The Morgan fingerprint density at radius 2 is 1.83 bits per heavy atom. The summed E-state index contributed by atoms with van der Waals surface area (Å²) < 4.78 is 10.1. The Bertz CT molecular complexity index is 912. The van der Waals surface area contributed by atoms with Crippen molar-refractivity contribution < 1.29 is 23.9 Å². The number of carbonyl (C=O) groups is 3. The molecule has 0 bridgehead atoms. The lowest BCUT2D eigenvalue weighted by Crippen LogP contribution is -2.34. The number of esters is 1. The molecule has 1 aliphatic heterocycles. The number of methoxy groups -OCH3 is 2. The average molecular weight is 396 g/mol. The van der Waals surface area contributed by atoms with Crippen LogP contribution >= 0.6 is 0 Å². The molecule has 0 saturated carbocycles. The summed E-state index contributed by atoms with van der Waals surface area (Å²) in [5.74, 6) is -0.565. The molecule has 0 radical (unpaired) electrons. The Labute approximate surface area is 169 Å². The fourth-order valence-electron chi connectivity index (χ4n) is 3.48. The average Bonchev–Trinajstić information content (AvgIpc) is 3.15. The van der Waals surface area contributed by atoms with E-state index in [4.69, 9.17) is 9.47 Å². The van der Waals surface area contributed by atoms with Gasteiger partial charge in [0, 0.05) is 19.5 Å². The molecule has 1 unspecified atom stereocenters. The van der Waals surface area contributed by atoms with E-state index in [1.54, 1.807) is 31.4 Å². The fourth-order valence-corrected chi connectivity index (χ4v) is 3.48. The van der Waals surface area contributed by atoms with Crippen LogP contribution in [0.4, 0.5) is 5.69 Å². The number of para-hydroxylation sites is 2. The third-order valence-electron chi connectivity index (χ3n) is 4.98. The lowest BCUT2D eigenvalue weighted by Gasteiger charge is -2.19. The van der Waals surface area contributed by atoms with Crippen molar-refractivity contribution >= 4 is 23.5 Å². The summed E-state index contributed by atoms with van der Waals surface area (Å²) in [6.07, 6.45) is 0.737. The molecule has 1 heterocycles. The van der Waals surface area contributed by atoms with Gasteiger partial charge in [-0.25, -0.2) is 4.79 Å². The second-order valence-electron chi connectivity index (χ2n) is 6.77. The summed E-state index contributed by atoms with van der Waals surface area (Å²) in [4.78, 5) is 38.6. The minimum Gasteiger partial charge on any atom is -0.496 e. The Morgan fingerprint density at radius 1 is 1.10 bits per heavy atom. The molecule has 0 spiro atoms. The second kappa shape index (κ2) is 9.23. The largest absolute Gasteiger partial charge is 0.496 e. The van der Waals surface area contributed by atoms with Crippen molar-refractivity contribution in [1.29, 1.82) is 0 Å². The summed E-state index contributed by atoms with van der Waals surface area (Å²) in [5, 5.41) is 2.90. The van der Waals surface area contributed by atoms with Crippen LogP contribution in [0.5, 0.6) is 5.75 Å². The zero-order valence-electron chi connectivity index (χ0n) is 16.5. The van der Waals surface area contributed by atoms with Gasteiger partial charge in [0.1, 0.15) is 5.75 Å². The van der Waals surface area contributed by atoms with Crippen molar-refractivity contribution in [2.45, 2.75) is 12.8 Å². The van der Waals surface area contributed by atoms with Crippen LogP contribution in [0.3, 0.4) is 0 Å². The van der Waals surface area contributed by atoms with Crippen molar-refractivity contribution in [2.75, 3.05) is 32.2 Å². The zero-order valence-corrected chi connectivity index (χ0v) is 16.5. The van der Waals surface area contributed by atoms with E-state index in [1.165, 1.54) is 12.0 Å². The van der Waals surface area contributed by atoms with E-state index in [9.17, 15) is 14.4 Å². The van der Waals surface area contributed by atoms with Crippen LogP contribution in [0.15, 0.2) is 48.5 Å². The molecular formula is C22H24N2O5. The maximum Gasteiger partial charge on any atom is 0.339 e. The van der Waals surface area contributed by atoms with Crippen LogP contribution in [0, 0.1) is 5.92 Å². The second-order valence-corrected chi connectivity index (χ2v) is 6.77. The van der Waals surface area contributed by atoms with Gasteiger partial charge in [-0.1, -0.05) is 30.3 Å². The van der Waals surface area contributed by atoms with E-state index in [2.05, 4.69) is 5.32 Å². The highest BCUT2D eigenvalue weighted by Gasteiger charge is 2.36. The summed E-state index contributed by atoms with van der Waals surface area (Å²) in [7, 11) is 2.91. The molecule has 1 atom stereocenters. The van der Waals surface area contributed by atoms with Gasteiger partial charge in [0.15, 0.2) is 0 Å². The molecule has 0 aliphatic carbocycles. The van der Waals surface area contributed by atoms with E-state index in [1.807, 2.05) is 24.3 Å². The number of ether oxygens (including phenoxy) is 2. The molecule has 2 aromatic rings. The minimum absolute atomic E-state index is 0.107. The number of rotatable bonds is 7. The molecule has 152 valence electrons. The van der Waals surface area contributed by atoms with Gasteiger partial charge < -0.3 is 19.7 Å². The van der Waals surface area contributed by atoms with E-state index < -0.39 is 11.9 Å². The number of nitrogens with one attached hydrogen (secondary N) is 1. The highest BCUT2D eigenvalue weighted by atomic mass is 16.5. The minimum atomic E-state index is -0.516. The highest BCUT2D eigenvalue weighted by molar-refractivity contribution is 6.05. The maximum atomic E-state index is 12.6. The van der Waals surface area contributed by atoms with E-state index in [-0.39, 0.29) is 24.8 Å². The topological polar surface area (TPSA) is 84.9 Å². The first-order chi connectivity index (χ1) is 14.0. The molecule has 7 heteroatoms. The van der Waals surface area contributed by atoms with Crippen LogP contribution in [0.1, 0.15) is 22.3 Å². The molecule has 2 aromatic carbocycles. The van der Waals surface area contributed by atoms with Gasteiger partial charge >= 0.3 is 5.97 Å². The molecule has 2 amide bonds. The standard InChI is InChI=1S/C22H24N2O5/c1-28-19-10-6-3-7-15(19)11-12-23-21(26)16-13-20(25)24(14-16)18-9-5-4-8-17(18)22(27)29-2/h3-10,16H,11-14H2,1-2H3,(H,23,26). The highest BCUT2D eigenvalue weighted by Crippen LogP contribution is 2.28. The quantitative estimate of drug-likeness (QED) is 0.726. The maximum absolute atomic E-state index is 12.6. The Morgan fingerprint density at radius 3 is 2.59 bits per heavy atom. The van der Waals surface area contributed by atoms with Crippen molar-refractivity contribution in [1.82, 2.24) is 5.32 Å². The monoisotopic (exact) mass is 396 g/mol. The van der Waals surface area contributed by atoms with Crippen LogP contribution in [-0.2, 0) is 20.7 Å². The Balaban J connectivity index is 1.62. The predicted molar refractivity (Wildman–Crippen MR) is 108 cm³/mol. The first-order valence-electron chi connectivity index (χ1n) is 9.42. The van der Waals surface area contributed by atoms with Gasteiger partial charge in [-0.2, -0.15) is 0 Å². The number of amides is 2. The van der Waals surface area contributed by atoms with Gasteiger partial charge in [-0.3, -0.25) is 9.59 Å². The number of anilines is 1. The zero-order chi connectivity index (χ0) is 20.8. The fraction of sp³-hybridized carbons (Fsp3) is 0.318. The summed E-state index contributed by atoms with van der Waals surface area (Å²) in [5.41, 5.74) is 1.78. The molecule has 1 fully saturated rings. The van der Waals surface area contributed by atoms with Crippen LogP contribution in [0.2, 0.25) is 0 Å². The molecule has 0 aromatic heterocycles. The van der Waals surface area contributed by atoms with Gasteiger partial charge in [-0.15, -0.1) is 0 Å². The van der Waals surface area contributed by atoms with Gasteiger partial charge in [0.2, 0.25) is 11.8 Å². The number of hydrogen-bond acceptors (Lipinski definition) is 5. The van der Waals surface area contributed by atoms with Crippen LogP contribution < -0.4 is 15.0 Å². The lowest BCUT2D eigenvalue weighted by atomic mass is 10.1. The van der Waals surface area contributed by atoms with Crippen molar-refractivity contribution in [3.05, 3.63) is 59.7 Å². The van der Waals surface area contributed by atoms with E-state index in [0.29, 0.717) is 24.2 Å². The first kappa shape index (κ1) is 20.4. The van der Waals surface area contributed by atoms with Crippen LogP contribution in [0.25, 0.3) is 0 Å². The van der Waals surface area contributed by atoms with Crippen molar-refractivity contribution in [2.24, 2.45) is 5.92 Å². The van der Waals surface area contributed by atoms with Crippen molar-refractivity contribution in [3.63, 3.8) is 0 Å². The molecule has 29 heavy (non-hydrogen) atoms. The number of carbonyl (C=O) groups excluding carboxylic acids is 3. The Hall–Kier alpha value is -3.35. The summed E-state index contributed by atoms with van der Waals surface area (Å²) in [6, 6.07) is 14.4. The van der Waals surface area contributed by atoms with Gasteiger partial charge in [0.05, 0.1) is 31.4 Å². The summed E-state index contributed by atoms with van der Waals surface area (Å²) >= 11 is 0. The van der Waals surface area contributed by atoms with E-state index >= 15 is 0 Å². The molecule has 1 saturated heterocycles. The smallest absolute Gasteiger partial charge is 0.339 e. The third-order valence-corrected chi connectivity index (χ3v) is 4.98. The molecule has 1 N–H and O–H groups in total. The molecule has 3 rings (SSSR count). The Kier molecular flexibility index (Phi) is 6.49. The van der Waals surface area contributed by atoms with Gasteiger partial charge in [-0.05, 0) is 30.2 Å². The number of nitrogens with zero attached hydrogens (tertiary/aromatic N) is 1. The SMILES string of the molecule is COC(=O)c1ccccc1N1CC(C(=O)NCCc2ccccc2OC)CC1=O. The van der Waals surface area contributed by atoms with E-state index in [0.717, 1.165) is 11.3 Å².